The number of hydrogen-bond donors (Lipinski definition) is 0. The first-order valence-corrected chi connectivity index (χ1v) is 10.6. The molecule has 170 valence electrons. The molecule has 0 N–H and O–H groups in total. The summed E-state index contributed by atoms with van der Waals surface area (Å²) in [5.41, 5.74) is 0.976. The molecule has 0 atom stereocenters. The molecule has 0 spiro atoms. The van der Waals surface area contributed by atoms with Crippen molar-refractivity contribution in [1.82, 2.24) is 4.57 Å². The number of aromatic nitrogens is 1. The Bertz CT molecular complexity index is 1430. The Kier molecular flexibility index (Phi) is 6.53. The maximum atomic E-state index is 13.2. The molecular formula is C26H17ClF3N3O. The molecule has 4 aromatic rings. The summed E-state index contributed by atoms with van der Waals surface area (Å²) in [6.45, 7) is 0.260. The van der Waals surface area contributed by atoms with Crippen LogP contribution in [0.25, 0.3) is 10.9 Å². The van der Waals surface area contributed by atoms with Gasteiger partial charge in [-0.3, -0.25) is 9.79 Å². The number of ketones is 1. The van der Waals surface area contributed by atoms with Gasteiger partial charge in [0.2, 0.25) is 5.78 Å². The number of benzene rings is 3. The third-order valence-electron chi connectivity index (χ3n) is 5.31. The summed E-state index contributed by atoms with van der Waals surface area (Å²) in [4.78, 5) is 17.2. The van der Waals surface area contributed by atoms with Crippen molar-refractivity contribution in [3.8, 4) is 6.07 Å². The maximum absolute atomic E-state index is 13.2. The quantitative estimate of drug-likeness (QED) is 0.228. The Balaban J connectivity index is 1.66. The summed E-state index contributed by atoms with van der Waals surface area (Å²) >= 11 is 5.65. The van der Waals surface area contributed by atoms with Crippen molar-refractivity contribution in [1.29, 1.82) is 5.26 Å². The minimum Gasteiger partial charge on any atom is -0.342 e. The Morgan fingerprint density at radius 2 is 1.71 bits per heavy atom. The molecule has 4 rings (SSSR count). The number of hydrogen-bond acceptors (Lipinski definition) is 3. The van der Waals surface area contributed by atoms with Gasteiger partial charge in [0.05, 0.1) is 22.7 Å². The number of aliphatic imine (C=N–C) groups is 1. The van der Waals surface area contributed by atoms with Crippen LogP contribution < -0.4 is 0 Å². The Morgan fingerprint density at radius 1 is 1.00 bits per heavy atom. The Morgan fingerprint density at radius 3 is 2.41 bits per heavy atom. The summed E-state index contributed by atoms with van der Waals surface area (Å²) in [7, 11) is 0. The lowest BCUT2D eigenvalue weighted by Gasteiger charge is -2.10. The predicted octanol–water partition coefficient (Wildman–Crippen LogP) is 6.71. The zero-order valence-electron chi connectivity index (χ0n) is 17.7. The first kappa shape index (κ1) is 23.3. The van der Waals surface area contributed by atoms with E-state index in [-0.39, 0.29) is 17.8 Å². The van der Waals surface area contributed by atoms with Crippen molar-refractivity contribution in [2.75, 3.05) is 0 Å². The molecule has 0 fully saturated rings. The molecule has 3 aromatic carbocycles. The van der Waals surface area contributed by atoms with Gasteiger partial charge < -0.3 is 4.57 Å². The molecule has 1 heterocycles. The molecular weight excluding hydrogens is 463 g/mol. The summed E-state index contributed by atoms with van der Waals surface area (Å²) in [6, 6.07) is 22.2. The highest BCUT2D eigenvalue weighted by atomic mass is 35.5. The number of para-hydroxylation sites is 1. The molecule has 0 saturated heterocycles. The average Bonchev–Trinajstić information content (AvgIpc) is 3.18. The number of halogens is 4. The van der Waals surface area contributed by atoms with E-state index in [9.17, 15) is 23.2 Å². The van der Waals surface area contributed by atoms with E-state index >= 15 is 0 Å². The van der Waals surface area contributed by atoms with Gasteiger partial charge >= 0.3 is 6.18 Å². The van der Waals surface area contributed by atoms with E-state index < -0.39 is 22.5 Å². The minimum absolute atomic E-state index is 0.184. The van der Waals surface area contributed by atoms with Crippen LogP contribution in [0.3, 0.4) is 0 Å². The normalized spacial score (nSPS) is 12.0. The van der Waals surface area contributed by atoms with Crippen molar-refractivity contribution in [2.24, 2.45) is 4.99 Å². The number of carbonyl (C=O) groups is 1. The molecule has 0 amide bonds. The van der Waals surface area contributed by atoms with Crippen molar-refractivity contribution < 1.29 is 18.0 Å². The third-order valence-corrected chi connectivity index (χ3v) is 5.64. The minimum atomic E-state index is -4.62. The van der Waals surface area contributed by atoms with E-state index in [1.165, 1.54) is 6.07 Å². The van der Waals surface area contributed by atoms with Gasteiger partial charge in [0.1, 0.15) is 6.07 Å². The van der Waals surface area contributed by atoms with Crippen LogP contribution in [-0.4, -0.2) is 16.1 Å². The molecule has 0 unspecified atom stereocenters. The highest BCUT2D eigenvalue weighted by molar-refractivity contribution is 6.52. The van der Waals surface area contributed by atoms with Gasteiger partial charge in [-0.25, -0.2) is 0 Å². The van der Waals surface area contributed by atoms with Crippen molar-refractivity contribution in [3.05, 3.63) is 106 Å². The molecule has 0 aliphatic carbocycles. The summed E-state index contributed by atoms with van der Waals surface area (Å²) in [5, 5.41) is 9.80. The molecule has 0 aliphatic rings. The van der Waals surface area contributed by atoms with Crippen LogP contribution in [0.2, 0.25) is 5.02 Å². The summed E-state index contributed by atoms with van der Waals surface area (Å²) < 4.78 is 41.3. The van der Waals surface area contributed by atoms with Crippen LogP contribution in [0.1, 0.15) is 27.0 Å². The SMILES string of the molecule is N#CC(=NCc1ccc(Cl)c(C(F)(F)F)c1)C(=O)c1cn(Cc2ccccc2)c2ccccc12. The molecule has 0 aliphatic heterocycles. The highest BCUT2D eigenvalue weighted by Gasteiger charge is 2.33. The van der Waals surface area contributed by atoms with Gasteiger partial charge in [0, 0.05) is 23.6 Å². The van der Waals surface area contributed by atoms with Crippen LogP contribution in [0, 0.1) is 11.3 Å². The largest absolute Gasteiger partial charge is 0.417 e. The molecule has 34 heavy (non-hydrogen) atoms. The Hall–Kier alpha value is -3.89. The second-order valence-electron chi connectivity index (χ2n) is 7.59. The average molecular weight is 480 g/mol. The highest BCUT2D eigenvalue weighted by Crippen LogP contribution is 2.35. The van der Waals surface area contributed by atoms with E-state index in [0.29, 0.717) is 17.5 Å². The van der Waals surface area contributed by atoms with E-state index in [1.54, 1.807) is 24.4 Å². The van der Waals surface area contributed by atoms with Gasteiger partial charge in [-0.1, -0.05) is 66.2 Å². The molecule has 1 aromatic heterocycles. The molecule has 0 radical (unpaired) electrons. The number of rotatable bonds is 6. The smallest absolute Gasteiger partial charge is 0.342 e. The standard InChI is InChI=1S/C26H17ClF3N3O/c27-22-11-10-18(12-21(22)26(28,29)30)14-32-23(13-31)25(34)20-16-33(15-17-6-2-1-3-7-17)24-9-5-4-8-19(20)24/h1-12,16H,14-15H2. The summed E-state index contributed by atoms with van der Waals surface area (Å²) in [5.74, 6) is -0.587. The number of nitrogens with zero attached hydrogens (tertiary/aromatic N) is 3. The first-order chi connectivity index (χ1) is 16.3. The fourth-order valence-electron chi connectivity index (χ4n) is 3.68. The van der Waals surface area contributed by atoms with Crippen molar-refractivity contribution in [2.45, 2.75) is 19.3 Å². The maximum Gasteiger partial charge on any atom is 0.417 e. The predicted molar refractivity (Wildman–Crippen MR) is 125 cm³/mol. The van der Waals surface area contributed by atoms with E-state index in [0.717, 1.165) is 23.2 Å². The molecule has 0 bridgehead atoms. The molecule has 4 nitrogen and oxygen atoms in total. The van der Waals surface area contributed by atoms with Gasteiger partial charge in [-0.15, -0.1) is 0 Å². The van der Waals surface area contributed by atoms with Crippen LogP contribution in [0.4, 0.5) is 13.2 Å². The monoisotopic (exact) mass is 479 g/mol. The fourth-order valence-corrected chi connectivity index (χ4v) is 3.91. The zero-order valence-corrected chi connectivity index (χ0v) is 18.4. The van der Waals surface area contributed by atoms with Crippen LogP contribution in [-0.2, 0) is 19.3 Å². The number of Topliss-reactive ketones (excluding diaryl/α,β-unsaturated/α-hetero) is 1. The van der Waals surface area contributed by atoms with Gasteiger partial charge in [-0.2, -0.15) is 18.4 Å². The first-order valence-electron chi connectivity index (χ1n) is 10.2. The number of nitriles is 1. The molecule has 0 saturated carbocycles. The summed E-state index contributed by atoms with van der Waals surface area (Å²) in [6.07, 6.45) is -2.94. The second-order valence-corrected chi connectivity index (χ2v) is 8.00. The van der Waals surface area contributed by atoms with Crippen LogP contribution in [0.5, 0.6) is 0 Å². The number of fused-ring (bicyclic) bond motifs is 1. The van der Waals surface area contributed by atoms with Gasteiger partial charge in [0.25, 0.3) is 0 Å². The topological polar surface area (TPSA) is 58.1 Å². The van der Waals surface area contributed by atoms with Crippen LogP contribution >= 0.6 is 11.6 Å². The van der Waals surface area contributed by atoms with Crippen molar-refractivity contribution >= 4 is 34.0 Å². The third kappa shape index (κ3) is 4.87. The lowest BCUT2D eigenvalue weighted by atomic mass is 10.1. The lowest BCUT2D eigenvalue weighted by Crippen LogP contribution is -2.13. The number of alkyl halides is 3. The molecule has 8 heteroatoms. The fraction of sp³-hybridized carbons (Fsp3) is 0.115. The zero-order chi connectivity index (χ0) is 24.3. The Labute approximate surface area is 198 Å². The second kappa shape index (κ2) is 9.54. The van der Waals surface area contributed by atoms with Gasteiger partial charge in [-0.05, 0) is 29.3 Å². The van der Waals surface area contributed by atoms with E-state index in [2.05, 4.69) is 4.99 Å². The van der Waals surface area contributed by atoms with E-state index in [4.69, 9.17) is 11.6 Å². The lowest BCUT2D eigenvalue weighted by molar-refractivity contribution is -0.137. The van der Waals surface area contributed by atoms with E-state index in [1.807, 2.05) is 47.0 Å². The van der Waals surface area contributed by atoms with Crippen LogP contribution in [0.15, 0.2) is 84.0 Å². The number of carbonyl (C=O) groups excluding carboxylic acids is 1. The van der Waals surface area contributed by atoms with Crippen molar-refractivity contribution in [3.63, 3.8) is 0 Å². The van der Waals surface area contributed by atoms with Gasteiger partial charge in [0.15, 0.2) is 5.71 Å².